The molecule has 0 aromatic heterocycles. The normalized spacial score (nSPS) is 21.6. The number of thioether (sulfide) groups is 1. The number of nitrogens with one attached hydrogen (secondary N) is 1. The van der Waals surface area contributed by atoms with Crippen molar-refractivity contribution < 1.29 is 28.5 Å². The van der Waals surface area contributed by atoms with Crippen LogP contribution in [0.15, 0.2) is 45.6 Å². The zero-order valence-corrected chi connectivity index (χ0v) is 20.6. The number of ether oxygens (including phenoxy) is 4. The lowest BCUT2D eigenvalue weighted by molar-refractivity contribution is -0.136. The molecule has 0 unspecified atom stereocenters. The van der Waals surface area contributed by atoms with Crippen molar-refractivity contribution in [1.29, 1.82) is 0 Å². The zero-order valence-electron chi connectivity index (χ0n) is 19.8. The number of carbonyl (C=O) groups is 2. The van der Waals surface area contributed by atoms with Gasteiger partial charge in [-0.1, -0.05) is 11.8 Å². The summed E-state index contributed by atoms with van der Waals surface area (Å²) in [4.78, 5) is 32.3. The molecular formula is C24H29N3O6S. The van der Waals surface area contributed by atoms with Crippen LogP contribution >= 0.6 is 11.8 Å². The number of benzene rings is 1. The van der Waals surface area contributed by atoms with Gasteiger partial charge >= 0.3 is 5.97 Å². The van der Waals surface area contributed by atoms with Crippen molar-refractivity contribution in [1.82, 2.24) is 10.2 Å². The largest absolute Gasteiger partial charge is 0.497 e. The standard InChI is InChI=1S/C24H29N3O6S/c1-14-21(23(29)32-4)22(18-11-16(30-2)7-8-19(18)31-3)27-15(13-34-24(27)26-14)10-20(28)25-12-17-6-5-9-33-17/h7-8,11,13,17,22H,5-6,9-10,12H2,1-4H3,(H,25,28)/t17-,22+/m1/s1. The van der Waals surface area contributed by atoms with E-state index in [1.165, 1.54) is 18.9 Å². The number of allylic oxidation sites excluding steroid dienone is 1. The van der Waals surface area contributed by atoms with Gasteiger partial charge < -0.3 is 29.2 Å². The van der Waals surface area contributed by atoms with Crippen LogP contribution in [0.4, 0.5) is 0 Å². The minimum absolute atomic E-state index is 0.0632. The molecule has 9 nitrogen and oxygen atoms in total. The lowest BCUT2D eigenvalue weighted by Gasteiger charge is -2.36. The first-order valence-corrected chi connectivity index (χ1v) is 12.0. The molecule has 10 heteroatoms. The Hall–Kier alpha value is -2.98. The Bertz CT molecular complexity index is 1060. The van der Waals surface area contributed by atoms with Crippen molar-refractivity contribution in [3.05, 3.63) is 46.1 Å². The van der Waals surface area contributed by atoms with Crippen LogP contribution in [0.2, 0.25) is 0 Å². The summed E-state index contributed by atoms with van der Waals surface area (Å²) in [7, 11) is 4.50. The number of fused-ring (bicyclic) bond motifs is 1. The lowest BCUT2D eigenvalue weighted by Crippen LogP contribution is -2.38. The van der Waals surface area contributed by atoms with Gasteiger partial charge in [0.1, 0.15) is 11.5 Å². The fourth-order valence-electron chi connectivity index (χ4n) is 4.35. The maximum absolute atomic E-state index is 12.9. The lowest BCUT2D eigenvalue weighted by atomic mass is 9.93. The number of hydrogen-bond donors (Lipinski definition) is 1. The van der Waals surface area contributed by atoms with Crippen molar-refractivity contribution in [3.63, 3.8) is 0 Å². The summed E-state index contributed by atoms with van der Waals surface area (Å²) in [5.74, 6) is 0.592. The third-order valence-corrected chi connectivity index (χ3v) is 6.92. The SMILES string of the molecule is COC(=O)C1=C(C)N=C2SC=C(CC(=O)NC[C@H]3CCCO3)N2[C@H]1c1cc(OC)ccc1OC. The van der Waals surface area contributed by atoms with Gasteiger partial charge in [-0.2, -0.15) is 0 Å². The molecule has 0 spiro atoms. The molecule has 34 heavy (non-hydrogen) atoms. The summed E-state index contributed by atoms with van der Waals surface area (Å²) in [6.07, 6.45) is 2.16. The van der Waals surface area contributed by atoms with E-state index in [1.807, 2.05) is 16.4 Å². The molecule has 0 aliphatic carbocycles. The zero-order chi connectivity index (χ0) is 24.2. The molecule has 3 aliphatic heterocycles. The number of nitrogens with zero attached hydrogens (tertiary/aromatic N) is 2. The second kappa shape index (κ2) is 10.5. The van der Waals surface area contributed by atoms with Crippen molar-refractivity contribution in [2.24, 2.45) is 4.99 Å². The van der Waals surface area contributed by atoms with E-state index >= 15 is 0 Å². The minimum Gasteiger partial charge on any atom is -0.497 e. The number of carbonyl (C=O) groups excluding carboxylic acids is 2. The molecule has 0 bridgehead atoms. The molecule has 1 amide bonds. The van der Waals surface area contributed by atoms with Gasteiger partial charge in [0, 0.05) is 24.4 Å². The molecule has 3 heterocycles. The van der Waals surface area contributed by atoms with Crippen LogP contribution in [-0.2, 0) is 19.1 Å². The molecule has 0 radical (unpaired) electrons. The van der Waals surface area contributed by atoms with E-state index in [-0.39, 0.29) is 18.4 Å². The molecule has 1 N–H and O–H groups in total. The van der Waals surface area contributed by atoms with Gasteiger partial charge in [0.25, 0.3) is 0 Å². The molecule has 1 aromatic carbocycles. The average molecular weight is 488 g/mol. The highest BCUT2D eigenvalue weighted by Crippen LogP contribution is 2.47. The van der Waals surface area contributed by atoms with Crippen molar-refractivity contribution in [3.8, 4) is 11.5 Å². The Labute approximate surface area is 203 Å². The van der Waals surface area contributed by atoms with Gasteiger partial charge in [-0.05, 0) is 43.4 Å². The minimum atomic E-state index is -0.600. The van der Waals surface area contributed by atoms with Crippen LogP contribution in [0.1, 0.15) is 37.8 Å². The van der Waals surface area contributed by atoms with E-state index in [2.05, 4.69) is 10.3 Å². The molecule has 0 saturated carbocycles. The van der Waals surface area contributed by atoms with Crippen LogP contribution in [0, 0.1) is 0 Å². The smallest absolute Gasteiger partial charge is 0.338 e. The van der Waals surface area contributed by atoms with Gasteiger partial charge in [-0.3, -0.25) is 4.79 Å². The molecular weight excluding hydrogens is 458 g/mol. The van der Waals surface area contributed by atoms with Crippen LogP contribution in [0.5, 0.6) is 11.5 Å². The maximum Gasteiger partial charge on any atom is 0.338 e. The quantitative estimate of drug-likeness (QED) is 0.559. The van der Waals surface area contributed by atoms with E-state index in [4.69, 9.17) is 18.9 Å². The number of hydrogen-bond acceptors (Lipinski definition) is 9. The van der Waals surface area contributed by atoms with Crippen molar-refractivity contribution in [2.45, 2.75) is 38.3 Å². The molecule has 3 aliphatic rings. The average Bonchev–Trinajstić information content (AvgIpc) is 3.51. The molecule has 1 fully saturated rings. The Balaban J connectivity index is 1.67. The highest BCUT2D eigenvalue weighted by atomic mass is 32.2. The number of esters is 1. The number of methoxy groups -OCH3 is 3. The highest BCUT2D eigenvalue weighted by molar-refractivity contribution is 8.16. The third-order valence-electron chi connectivity index (χ3n) is 6.03. The van der Waals surface area contributed by atoms with Crippen molar-refractivity contribution >= 4 is 28.8 Å². The Morgan fingerprint density at radius 3 is 2.76 bits per heavy atom. The second-order valence-corrected chi connectivity index (χ2v) is 8.94. The highest BCUT2D eigenvalue weighted by Gasteiger charge is 2.42. The molecule has 1 aromatic rings. The topological polar surface area (TPSA) is 98.7 Å². The summed E-state index contributed by atoms with van der Waals surface area (Å²) < 4.78 is 21.8. The van der Waals surface area contributed by atoms with Gasteiger partial charge in [0.05, 0.1) is 51.2 Å². The van der Waals surface area contributed by atoms with Crippen LogP contribution in [0.3, 0.4) is 0 Å². The second-order valence-electron chi connectivity index (χ2n) is 8.11. The Morgan fingerprint density at radius 1 is 1.26 bits per heavy atom. The fourth-order valence-corrected chi connectivity index (χ4v) is 5.31. The van der Waals surface area contributed by atoms with E-state index in [0.717, 1.165) is 25.1 Å². The van der Waals surface area contributed by atoms with Crippen molar-refractivity contribution in [2.75, 3.05) is 34.5 Å². The number of amidine groups is 1. The van der Waals surface area contributed by atoms with Gasteiger partial charge in [0.2, 0.25) is 5.91 Å². The maximum atomic E-state index is 12.9. The Morgan fingerprint density at radius 2 is 2.09 bits per heavy atom. The monoisotopic (exact) mass is 487 g/mol. The predicted molar refractivity (Wildman–Crippen MR) is 129 cm³/mol. The summed E-state index contributed by atoms with van der Waals surface area (Å²) in [6.45, 7) is 3.00. The number of aliphatic imine (C=N–C) groups is 1. The predicted octanol–water partition coefficient (Wildman–Crippen LogP) is 3.14. The van der Waals surface area contributed by atoms with Crippen LogP contribution in [0.25, 0.3) is 0 Å². The van der Waals surface area contributed by atoms with E-state index in [0.29, 0.717) is 40.0 Å². The molecule has 1 saturated heterocycles. The van der Waals surface area contributed by atoms with Crippen LogP contribution < -0.4 is 14.8 Å². The first-order chi connectivity index (χ1) is 16.5. The summed E-state index contributed by atoms with van der Waals surface area (Å²) in [6, 6.07) is 4.82. The third kappa shape index (κ3) is 4.78. The van der Waals surface area contributed by atoms with Gasteiger partial charge in [0.15, 0.2) is 5.17 Å². The van der Waals surface area contributed by atoms with E-state index in [1.54, 1.807) is 33.3 Å². The van der Waals surface area contributed by atoms with E-state index < -0.39 is 12.0 Å². The molecule has 2 atom stereocenters. The first-order valence-electron chi connectivity index (χ1n) is 11.1. The fraction of sp³-hybridized carbons (Fsp3) is 0.458. The Kier molecular flexibility index (Phi) is 7.47. The van der Waals surface area contributed by atoms with E-state index in [9.17, 15) is 9.59 Å². The molecule has 182 valence electrons. The number of amides is 1. The summed E-state index contributed by atoms with van der Waals surface area (Å²) >= 11 is 1.42. The number of rotatable bonds is 8. The van der Waals surface area contributed by atoms with Gasteiger partial charge in [-0.15, -0.1) is 0 Å². The summed E-state index contributed by atoms with van der Waals surface area (Å²) in [5, 5.41) is 5.55. The molecule has 4 rings (SSSR count). The van der Waals surface area contributed by atoms with Gasteiger partial charge in [-0.25, -0.2) is 9.79 Å². The first kappa shape index (κ1) is 24.2. The summed E-state index contributed by atoms with van der Waals surface area (Å²) in [5.41, 5.74) is 2.38. The van der Waals surface area contributed by atoms with Crippen LogP contribution in [-0.4, -0.2) is 62.5 Å².